The van der Waals surface area contributed by atoms with Gasteiger partial charge >= 0.3 is 0 Å². The van der Waals surface area contributed by atoms with E-state index in [1.165, 1.54) is 89.6 Å². The maximum absolute atomic E-state index is 2.47. The van der Waals surface area contributed by atoms with Gasteiger partial charge in [-0.05, 0) is 54.4 Å². The molecule has 0 spiro atoms. The molecular formula is C26H34S2. The topological polar surface area (TPSA) is 0 Å². The monoisotopic (exact) mass is 410 g/mol. The molecule has 4 rings (SSSR count). The van der Waals surface area contributed by atoms with Gasteiger partial charge in [-0.15, -0.1) is 22.7 Å². The van der Waals surface area contributed by atoms with Crippen molar-refractivity contribution in [2.75, 3.05) is 0 Å². The Balaban J connectivity index is 1.34. The summed E-state index contributed by atoms with van der Waals surface area (Å²) in [4.78, 5) is 3.02. The van der Waals surface area contributed by atoms with Crippen LogP contribution in [0.3, 0.4) is 0 Å². The zero-order valence-electron chi connectivity index (χ0n) is 17.5. The summed E-state index contributed by atoms with van der Waals surface area (Å²) in [6, 6.07) is 14.1. The van der Waals surface area contributed by atoms with E-state index in [0.717, 1.165) is 11.8 Å². The van der Waals surface area contributed by atoms with Gasteiger partial charge in [0.05, 0.1) is 0 Å². The highest BCUT2D eigenvalue weighted by Gasteiger charge is 2.20. The zero-order chi connectivity index (χ0) is 19.3. The van der Waals surface area contributed by atoms with E-state index in [2.05, 4.69) is 50.2 Å². The van der Waals surface area contributed by atoms with Crippen molar-refractivity contribution in [3.8, 4) is 10.4 Å². The van der Waals surface area contributed by atoms with Crippen LogP contribution in [0.1, 0.15) is 75.7 Å². The summed E-state index contributed by atoms with van der Waals surface area (Å²) < 4.78 is 2.97. The van der Waals surface area contributed by atoms with Gasteiger partial charge in [0.15, 0.2) is 0 Å². The molecule has 0 nitrogen and oxygen atoms in total. The molecule has 2 heteroatoms. The first-order chi connectivity index (χ1) is 13.7. The highest BCUT2D eigenvalue weighted by molar-refractivity contribution is 7.29. The molecule has 3 aromatic rings. The van der Waals surface area contributed by atoms with E-state index in [1.54, 1.807) is 4.88 Å². The number of benzene rings is 1. The fourth-order valence-electron chi connectivity index (χ4n) is 4.84. The third kappa shape index (κ3) is 4.89. The minimum atomic E-state index is 0.977. The van der Waals surface area contributed by atoms with Crippen LogP contribution < -0.4 is 0 Å². The second-order valence-electron chi connectivity index (χ2n) is 8.71. The summed E-state index contributed by atoms with van der Waals surface area (Å²) in [6.07, 6.45) is 13.8. The molecule has 1 saturated carbocycles. The Morgan fingerprint density at radius 3 is 2.07 bits per heavy atom. The third-order valence-corrected chi connectivity index (χ3v) is 8.90. The third-order valence-electron chi connectivity index (χ3n) is 6.50. The Morgan fingerprint density at radius 1 is 0.750 bits per heavy atom. The van der Waals surface area contributed by atoms with Gasteiger partial charge < -0.3 is 0 Å². The van der Waals surface area contributed by atoms with Crippen LogP contribution >= 0.6 is 22.7 Å². The van der Waals surface area contributed by atoms with Crippen molar-refractivity contribution in [1.29, 1.82) is 0 Å². The van der Waals surface area contributed by atoms with E-state index in [4.69, 9.17) is 0 Å². The Kier molecular flexibility index (Phi) is 6.90. The van der Waals surface area contributed by atoms with Gasteiger partial charge in [-0.3, -0.25) is 0 Å². The summed E-state index contributed by atoms with van der Waals surface area (Å²) in [6.45, 7) is 4.58. The van der Waals surface area contributed by atoms with Crippen LogP contribution in [-0.2, 0) is 12.8 Å². The van der Waals surface area contributed by atoms with E-state index in [9.17, 15) is 0 Å². The van der Waals surface area contributed by atoms with Crippen molar-refractivity contribution >= 4 is 32.1 Å². The molecule has 150 valence electrons. The quantitative estimate of drug-likeness (QED) is 0.347. The molecule has 1 fully saturated rings. The molecule has 0 amide bonds. The Bertz CT molecular complexity index is 828. The molecule has 1 aliphatic carbocycles. The number of thiophene rings is 2. The minimum absolute atomic E-state index is 0.977. The SMILES string of the molecule is CCCc1ccc(-c2cc3sc(CCC4CCC(CCC)CC4)cc3s2)cc1. The van der Waals surface area contributed by atoms with Crippen LogP contribution in [-0.4, -0.2) is 0 Å². The molecule has 0 unspecified atom stereocenters. The molecule has 0 saturated heterocycles. The summed E-state index contributed by atoms with van der Waals surface area (Å²) in [5.74, 6) is 2.01. The van der Waals surface area contributed by atoms with E-state index in [0.29, 0.717) is 0 Å². The lowest BCUT2D eigenvalue weighted by Crippen LogP contribution is -2.14. The zero-order valence-corrected chi connectivity index (χ0v) is 19.1. The highest BCUT2D eigenvalue weighted by atomic mass is 32.1. The van der Waals surface area contributed by atoms with Crippen molar-refractivity contribution in [3.05, 3.63) is 46.8 Å². The lowest BCUT2D eigenvalue weighted by molar-refractivity contribution is 0.252. The molecule has 1 aromatic carbocycles. The van der Waals surface area contributed by atoms with Crippen molar-refractivity contribution in [2.24, 2.45) is 11.8 Å². The average Bonchev–Trinajstić information content (AvgIpc) is 3.27. The molecular weight excluding hydrogens is 376 g/mol. The van der Waals surface area contributed by atoms with Crippen LogP contribution in [0.4, 0.5) is 0 Å². The Hall–Kier alpha value is -1.12. The minimum Gasteiger partial charge on any atom is -0.139 e. The normalized spacial score (nSPS) is 20.1. The number of fused-ring (bicyclic) bond motifs is 1. The Morgan fingerprint density at radius 2 is 1.43 bits per heavy atom. The molecule has 0 atom stereocenters. The largest absolute Gasteiger partial charge is 0.139 e. The maximum Gasteiger partial charge on any atom is 0.0460 e. The fourth-order valence-corrected chi connectivity index (χ4v) is 7.28. The van der Waals surface area contributed by atoms with Crippen LogP contribution in [0.5, 0.6) is 0 Å². The van der Waals surface area contributed by atoms with Crippen molar-refractivity contribution in [3.63, 3.8) is 0 Å². The number of hydrogen-bond donors (Lipinski definition) is 0. The standard InChI is InChI=1S/C26H34S2/c1-3-5-19-7-9-21(10-8-19)13-16-23-17-25-26(27-23)18-24(28-25)22-14-11-20(6-4-2)12-15-22/h11-12,14-15,17-19,21H,3-10,13,16H2,1-2H3. The van der Waals surface area contributed by atoms with E-state index in [-0.39, 0.29) is 0 Å². The predicted octanol–water partition coefficient (Wildman–Crippen LogP) is 9.12. The summed E-state index contributed by atoms with van der Waals surface area (Å²) in [7, 11) is 0. The van der Waals surface area contributed by atoms with E-state index < -0.39 is 0 Å². The van der Waals surface area contributed by atoms with Crippen molar-refractivity contribution < 1.29 is 0 Å². The van der Waals surface area contributed by atoms with E-state index in [1.807, 2.05) is 22.7 Å². The predicted molar refractivity (Wildman–Crippen MR) is 128 cm³/mol. The molecule has 0 radical (unpaired) electrons. The Labute approximate surface area is 179 Å². The molecule has 2 heterocycles. The van der Waals surface area contributed by atoms with Gasteiger partial charge in [0, 0.05) is 19.2 Å². The van der Waals surface area contributed by atoms with Crippen LogP contribution in [0, 0.1) is 11.8 Å². The van der Waals surface area contributed by atoms with E-state index >= 15 is 0 Å². The molecule has 1 aliphatic rings. The molecule has 2 aromatic heterocycles. The molecule has 0 bridgehead atoms. The summed E-state index contributed by atoms with van der Waals surface area (Å²) in [5, 5.41) is 0. The lowest BCUT2D eigenvalue weighted by atomic mass is 9.78. The van der Waals surface area contributed by atoms with Crippen molar-refractivity contribution in [1.82, 2.24) is 0 Å². The first-order valence-corrected chi connectivity index (χ1v) is 13.0. The van der Waals surface area contributed by atoms with Crippen LogP contribution in [0.15, 0.2) is 36.4 Å². The molecule has 0 aliphatic heterocycles. The van der Waals surface area contributed by atoms with Gasteiger partial charge in [-0.2, -0.15) is 0 Å². The first-order valence-electron chi connectivity index (χ1n) is 11.4. The second-order valence-corrected chi connectivity index (χ2v) is 11.0. The summed E-state index contributed by atoms with van der Waals surface area (Å²) >= 11 is 4.00. The van der Waals surface area contributed by atoms with Gasteiger partial charge in [-0.25, -0.2) is 0 Å². The fraction of sp³-hybridized carbons (Fsp3) is 0.538. The first kappa shape index (κ1) is 20.2. The molecule has 28 heavy (non-hydrogen) atoms. The molecule has 0 N–H and O–H groups in total. The number of hydrogen-bond acceptors (Lipinski definition) is 2. The lowest BCUT2D eigenvalue weighted by Gasteiger charge is -2.28. The number of rotatable bonds is 8. The average molecular weight is 411 g/mol. The van der Waals surface area contributed by atoms with Gasteiger partial charge in [0.25, 0.3) is 0 Å². The smallest absolute Gasteiger partial charge is 0.0460 e. The second kappa shape index (κ2) is 9.59. The maximum atomic E-state index is 2.47. The van der Waals surface area contributed by atoms with Gasteiger partial charge in [-0.1, -0.05) is 83.1 Å². The van der Waals surface area contributed by atoms with Gasteiger partial charge in [0.2, 0.25) is 0 Å². The summed E-state index contributed by atoms with van der Waals surface area (Å²) in [5.41, 5.74) is 2.83. The highest BCUT2D eigenvalue weighted by Crippen LogP contribution is 2.40. The van der Waals surface area contributed by atoms with Gasteiger partial charge in [0.1, 0.15) is 0 Å². The van der Waals surface area contributed by atoms with Crippen LogP contribution in [0.25, 0.3) is 19.8 Å². The van der Waals surface area contributed by atoms with Crippen molar-refractivity contribution in [2.45, 2.75) is 78.1 Å². The number of aryl methyl sites for hydroxylation is 2. The van der Waals surface area contributed by atoms with Crippen LogP contribution in [0.2, 0.25) is 0 Å².